The second kappa shape index (κ2) is 17.8. The van der Waals surface area contributed by atoms with Gasteiger partial charge in [0.2, 0.25) is 0 Å². The van der Waals surface area contributed by atoms with Crippen molar-refractivity contribution in [2.45, 2.75) is 119 Å². The minimum absolute atomic E-state index is 0. The number of carboxylic acids is 2. The summed E-state index contributed by atoms with van der Waals surface area (Å²) < 4.78 is 0. The molecule has 0 N–H and O–H groups in total. The van der Waals surface area contributed by atoms with Crippen molar-refractivity contribution in [2.24, 2.45) is 10.8 Å². The molecule has 0 unspecified atom stereocenters. The number of hydrogen-bond acceptors (Lipinski definition) is 4. The first-order valence-electron chi connectivity index (χ1n) is 10.7. The van der Waals surface area contributed by atoms with E-state index in [1.165, 1.54) is 0 Å². The van der Waals surface area contributed by atoms with Gasteiger partial charge >= 0.3 is 23.1 Å². The van der Waals surface area contributed by atoms with Crippen LogP contribution in [0.15, 0.2) is 0 Å². The normalized spacial score (nSPS) is 11.2. The molecule has 27 heavy (non-hydrogen) atoms. The number of rotatable bonds is 14. The van der Waals surface area contributed by atoms with Gasteiger partial charge < -0.3 is 19.8 Å². The molecule has 0 saturated heterocycles. The molecular weight excluding hydrogens is 353 g/mol. The molecule has 0 spiro atoms. The topological polar surface area (TPSA) is 80.3 Å². The average molecular weight is 395 g/mol. The molecule has 0 amide bonds. The van der Waals surface area contributed by atoms with E-state index in [2.05, 4.69) is 0 Å². The molecule has 0 fully saturated rings. The van der Waals surface area contributed by atoms with Gasteiger partial charge in [0.15, 0.2) is 0 Å². The third kappa shape index (κ3) is 11.3. The Bertz CT molecular complexity index is 312. The molecule has 0 atom stereocenters. The summed E-state index contributed by atoms with van der Waals surface area (Å²) >= 11 is 0. The summed E-state index contributed by atoms with van der Waals surface area (Å²) in [5, 5.41) is 22.2. The molecule has 156 valence electrons. The quantitative estimate of drug-likeness (QED) is 0.419. The fraction of sp³-hybridized carbons (Fsp3) is 0.909. The molecule has 0 aliphatic rings. The monoisotopic (exact) mass is 394 g/mol. The Kier molecular flexibility index (Phi) is 20.7. The van der Waals surface area contributed by atoms with Crippen LogP contribution in [0.4, 0.5) is 0 Å². The van der Waals surface area contributed by atoms with E-state index in [9.17, 15) is 19.8 Å². The van der Waals surface area contributed by atoms with E-state index >= 15 is 0 Å². The number of aliphatic carboxylic acids is 2. The van der Waals surface area contributed by atoms with Gasteiger partial charge in [0.05, 0.1) is 0 Å². The first-order valence-corrected chi connectivity index (χ1v) is 10.7. The van der Waals surface area contributed by atoms with Crippen LogP contribution in [-0.4, -0.2) is 35.0 Å². The zero-order valence-corrected chi connectivity index (χ0v) is 20.2. The van der Waals surface area contributed by atoms with Crippen LogP contribution in [0.2, 0.25) is 0 Å². The standard InChI is InChI=1S/2C11H22O2.Mg/c2*1-4-7-11(8-5-2,9-6-3)10(12)13;/h2*4-9H2,1-3H3,(H,12,13);/q;;+2/p-2. The number of carbonyl (C=O) groups excluding carboxylic acids is 2. The van der Waals surface area contributed by atoms with Crippen LogP contribution in [-0.2, 0) is 9.59 Å². The van der Waals surface area contributed by atoms with E-state index in [4.69, 9.17) is 0 Å². The smallest absolute Gasteiger partial charge is 0.550 e. The summed E-state index contributed by atoms with van der Waals surface area (Å²) in [5.74, 6) is -1.70. The molecule has 0 aromatic heterocycles. The fourth-order valence-corrected chi connectivity index (χ4v) is 4.23. The van der Waals surface area contributed by atoms with Crippen LogP contribution in [0.5, 0.6) is 0 Å². The zero-order chi connectivity index (χ0) is 20.6. The maximum Gasteiger partial charge on any atom is 2.00 e. The van der Waals surface area contributed by atoms with E-state index in [-0.39, 0.29) is 23.1 Å². The summed E-state index contributed by atoms with van der Waals surface area (Å²) in [7, 11) is 0. The first kappa shape index (κ1) is 31.4. The van der Waals surface area contributed by atoms with Crippen LogP contribution in [0.1, 0.15) is 119 Å². The first-order chi connectivity index (χ1) is 12.3. The fourth-order valence-electron chi connectivity index (χ4n) is 4.23. The molecule has 4 nitrogen and oxygen atoms in total. The molecule has 0 aromatic rings. The number of hydrogen-bond donors (Lipinski definition) is 0. The van der Waals surface area contributed by atoms with Crippen molar-refractivity contribution in [3.63, 3.8) is 0 Å². The summed E-state index contributed by atoms with van der Waals surface area (Å²) in [6.07, 6.45) is 10.1. The Labute approximate surface area is 184 Å². The Balaban J connectivity index is -0.000000411. The van der Waals surface area contributed by atoms with Crippen LogP contribution >= 0.6 is 0 Å². The van der Waals surface area contributed by atoms with Gasteiger partial charge in [0.25, 0.3) is 0 Å². The molecule has 0 aromatic carbocycles. The molecule has 0 rings (SSSR count). The molecule has 0 bridgehead atoms. The van der Waals surface area contributed by atoms with Crippen molar-refractivity contribution in [1.82, 2.24) is 0 Å². The molecule has 5 heteroatoms. The van der Waals surface area contributed by atoms with Crippen molar-refractivity contribution >= 4 is 35.0 Å². The van der Waals surface area contributed by atoms with Crippen molar-refractivity contribution in [2.75, 3.05) is 0 Å². The predicted octanol–water partition coefficient (Wildman–Crippen LogP) is 3.87. The van der Waals surface area contributed by atoms with E-state index < -0.39 is 22.8 Å². The summed E-state index contributed by atoms with van der Waals surface area (Å²) in [6.45, 7) is 12.2. The van der Waals surface area contributed by atoms with Gasteiger partial charge in [-0.15, -0.1) is 0 Å². The molecular formula is C22H42MgO4. The minimum Gasteiger partial charge on any atom is -0.550 e. The number of carbonyl (C=O) groups is 2. The van der Waals surface area contributed by atoms with E-state index in [0.717, 1.165) is 77.0 Å². The van der Waals surface area contributed by atoms with Crippen molar-refractivity contribution in [3.05, 3.63) is 0 Å². The number of carboxylic acid groups (broad SMARTS) is 2. The third-order valence-corrected chi connectivity index (χ3v) is 5.24. The molecule has 0 aliphatic heterocycles. The second-order valence-corrected chi connectivity index (χ2v) is 7.64. The maximum atomic E-state index is 11.1. The van der Waals surface area contributed by atoms with E-state index in [0.29, 0.717) is 0 Å². The average Bonchev–Trinajstić information content (AvgIpc) is 2.56. The van der Waals surface area contributed by atoms with Gasteiger partial charge in [-0.25, -0.2) is 0 Å². The molecule has 0 aliphatic carbocycles. The molecule has 0 radical (unpaired) electrons. The van der Waals surface area contributed by atoms with Gasteiger partial charge in [-0.1, -0.05) is 80.1 Å². The van der Waals surface area contributed by atoms with Crippen molar-refractivity contribution < 1.29 is 19.8 Å². The summed E-state index contributed by atoms with van der Waals surface area (Å²) in [4.78, 5) is 22.2. The van der Waals surface area contributed by atoms with Crippen LogP contribution in [0.3, 0.4) is 0 Å². The summed E-state index contributed by atoms with van der Waals surface area (Å²) in [6, 6.07) is 0. The SMILES string of the molecule is CCCC(CCC)(CCC)C(=O)[O-].CCCC(CCC)(CCC)C(=O)[O-].[Mg+2]. The van der Waals surface area contributed by atoms with Gasteiger partial charge in [-0.05, 0) is 38.5 Å². The Morgan fingerprint density at radius 2 is 0.667 bits per heavy atom. The Hall–Kier alpha value is -0.294. The molecule has 0 heterocycles. The van der Waals surface area contributed by atoms with Gasteiger partial charge in [0.1, 0.15) is 0 Å². The maximum absolute atomic E-state index is 11.1. The predicted molar refractivity (Wildman–Crippen MR) is 110 cm³/mol. The van der Waals surface area contributed by atoms with Crippen LogP contribution in [0, 0.1) is 10.8 Å². The van der Waals surface area contributed by atoms with Gasteiger partial charge in [-0.2, -0.15) is 0 Å². The van der Waals surface area contributed by atoms with Gasteiger partial charge in [-0.3, -0.25) is 0 Å². The summed E-state index contributed by atoms with van der Waals surface area (Å²) in [5.41, 5.74) is -1.09. The minimum atomic E-state index is -0.849. The second-order valence-electron chi connectivity index (χ2n) is 7.64. The Morgan fingerprint density at radius 1 is 0.519 bits per heavy atom. The van der Waals surface area contributed by atoms with E-state index in [1.807, 2.05) is 41.5 Å². The van der Waals surface area contributed by atoms with Crippen molar-refractivity contribution in [1.29, 1.82) is 0 Å². The van der Waals surface area contributed by atoms with Crippen LogP contribution in [0.25, 0.3) is 0 Å². The van der Waals surface area contributed by atoms with E-state index in [1.54, 1.807) is 0 Å². The largest absolute Gasteiger partial charge is 2.00 e. The van der Waals surface area contributed by atoms with Crippen LogP contribution < -0.4 is 10.2 Å². The Morgan fingerprint density at radius 3 is 0.741 bits per heavy atom. The zero-order valence-electron chi connectivity index (χ0n) is 18.8. The molecule has 0 saturated carbocycles. The third-order valence-electron chi connectivity index (χ3n) is 5.24. The van der Waals surface area contributed by atoms with Crippen molar-refractivity contribution in [3.8, 4) is 0 Å². The van der Waals surface area contributed by atoms with Gasteiger partial charge in [0, 0.05) is 22.8 Å².